The lowest BCUT2D eigenvalue weighted by atomic mass is 9.84. The number of benzene rings is 2. The predicted octanol–water partition coefficient (Wildman–Crippen LogP) is 5.04. The molecule has 1 aliphatic heterocycles. The molecule has 234 valence electrons. The lowest BCUT2D eigenvalue weighted by Crippen LogP contribution is -2.39. The van der Waals surface area contributed by atoms with Crippen LogP contribution in [0.2, 0.25) is 0 Å². The number of nitrogens with zero attached hydrogens (tertiary/aromatic N) is 2. The number of amidine groups is 1. The number of anilines is 1. The van der Waals surface area contributed by atoms with Crippen LogP contribution >= 0.6 is 17.0 Å². The van der Waals surface area contributed by atoms with Crippen molar-refractivity contribution in [3.8, 4) is 5.75 Å². The minimum Gasteiger partial charge on any atom is -0.493 e. The van der Waals surface area contributed by atoms with Crippen LogP contribution in [0.3, 0.4) is 0 Å². The Morgan fingerprint density at radius 1 is 1.05 bits per heavy atom. The fourth-order valence-corrected chi connectivity index (χ4v) is 4.83. The van der Waals surface area contributed by atoms with Gasteiger partial charge in [-0.2, -0.15) is 0 Å². The number of ether oxygens (including phenoxy) is 2. The number of nitrogens with one attached hydrogen (secondary N) is 2. The first kappa shape index (κ1) is 35.5. The number of esters is 1. The van der Waals surface area contributed by atoms with Crippen LogP contribution in [0.4, 0.5) is 5.69 Å². The van der Waals surface area contributed by atoms with Crippen molar-refractivity contribution in [1.29, 1.82) is 5.41 Å². The topological polar surface area (TPSA) is 129 Å². The molecule has 0 aromatic heterocycles. The van der Waals surface area contributed by atoms with Gasteiger partial charge in [-0.3, -0.25) is 24.6 Å². The number of Topliss-reactive ketones (excluding diaryl/α,β-unsaturated/α-hetero) is 1. The van der Waals surface area contributed by atoms with Crippen molar-refractivity contribution in [2.24, 2.45) is 0 Å². The summed E-state index contributed by atoms with van der Waals surface area (Å²) in [6.45, 7) is 14.8. The first-order chi connectivity index (χ1) is 19.5. The highest BCUT2D eigenvalue weighted by Crippen LogP contribution is 2.34. The van der Waals surface area contributed by atoms with Gasteiger partial charge in [0.15, 0.2) is 5.78 Å². The van der Waals surface area contributed by atoms with Crippen LogP contribution in [0.25, 0.3) is 0 Å². The third kappa shape index (κ3) is 8.43. The SMILES string of the molecule is Br.CCOc1cc2c(cc1C(=O)NC)C(=N)N(CC(=O)c1ccc(N(CC(=O)OC(C)(C)C)C(C)=O)c(C(C)(C)C)c1)C2. The van der Waals surface area contributed by atoms with Crippen LogP contribution < -0.4 is 15.0 Å². The van der Waals surface area contributed by atoms with Gasteiger partial charge >= 0.3 is 5.97 Å². The average molecular weight is 660 g/mol. The number of hydrogen-bond acceptors (Lipinski definition) is 7. The molecule has 0 spiro atoms. The molecule has 2 aromatic carbocycles. The third-order valence-corrected chi connectivity index (χ3v) is 6.75. The van der Waals surface area contributed by atoms with Gasteiger partial charge < -0.3 is 24.6 Å². The van der Waals surface area contributed by atoms with Crippen molar-refractivity contribution in [2.45, 2.75) is 73.0 Å². The number of rotatable bonds is 9. The molecule has 3 rings (SSSR count). The fraction of sp³-hybridized carbons (Fsp3) is 0.469. The number of amides is 2. The molecule has 2 aromatic rings. The van der Waals surface area contributed by atoms with E-state index in [1.54, 1.807) is 56.0 Å². The molecule has 10 nitrogen and oxygen atoms in total. The Morgan fingerprint density at radius 2 is 1.70 bits per heavy atom. The van der Waals surface area contributed by atoms with Gasteiger partial charge in [-0.05, 0) is 74.6 Å². The van der Waals surface area contributed by atoms with E-state index in [0.717, 1.165) is 11.1 Å². The zero-order chi connectivity index (χ0) is 31.6. The second-order valence-corrected chi connectivity index (χ2v) is 12.3. The van der Waals surface area contributed by atoms with E-state index < -0.39 is 17.0 Å². The van der Waals surface area contributed by atoms with Crippen molar-refractivity contribution in [2.75, 3.05) is 31.6 Å². The summed E-state index contributed by atoms with van der Waals surface area (Å²) in [7, 11) is 1.53. The van der Waals surface area contributed by atoms with Gasteiger partial charge in [-0.1, -0.05) is 20.8 Å². The fourth-order valence-electron chi connectivity index (χ4n) is 4.83. The van der Waals surface area contributed by atoms with E-state index in [0.29, 0.717) is 41.3 Å². The molecule has 1 aliphatic rings. The summed E-state index contributed by atoms with van der Waals surface area (Å²) < 4.78 is 11.1. The maximum absolute atomic E-state index is 13.5. The van der Waals surface area contributed by atoms with Gasteiger partial charge in [0.2, 0.25) is 5.91 Å². The maximum Gasteiger partial charge on any atom is 0.326 e. The molecule has 11 heteroatoms. The van der Waals surface area contributed by atoms with E-state index in [-0.39, 0.29) is 53.5 Å². The molecule has 2 N–H and O–H groups in total. The molecule has 0 saturated carbocycles. The number of fused-ring (bicyclic) bond motifs is 1. The number of carbonyl (C=O) groups excluding carboxylic acids is 4. The normalized spacial score (nSPS) is 12.7. The van der Waals surface area contributed by atoms with E-state index in [1.807, 2.05) is 27.7 Å². The quantitative estimate of drug-likeness (QED) is 0.285. The first-order valence-electron chi connectivity index (χ1n) is 14.0. The zero-order valence-corrected chi connectivity index (χ0v) is 28.2. The van der Waals surface area contributed by atoms with E-state index >= 15 is 0 Å². The molecule has 0 saturated heterocycles. The molecular weight excluding hydrogens is 616 g/mol. The van der Waals surface area contributed by atoms with Gasteiger partial charge in [0, 0.05) is 37.3 Å². The predicted molar refractivity (Wildman–Crippen MR) is 172 cm³/mol. The van der Waals surface area contributed by atoms with Crippen LogP contribution in [0.5, 0.6) is 5.75 Å². The summed E-state index contributed by atoms with van der Waals surface area (Å²) in [6.07, 6.45) is 0. The van der Waals surface area contributed by atoms with Gasteiger partial charge in [-0.25, -0.2) is 0 Å². The highest BCUT2D eigenvalue weighted by atomic mass is 79.9. The minimum atomic E-state index is -0.694. The van der Waals surface area contributed by atoms with Crippen molar-refractivity contribution in [3.05, 3.63) is 58.1 Å². The van der Waals surface area contributed by atoms with E-state index in [4.69, 9.17) is 14.9 Å². The summed E-state index contributed by atoms with van der Waals surface area (Å²) >= 11 is 0. The molecule has 0 unspecified atom stereocenters. The first-order valence-corrected chi connectivity index (χ1v) is 14.0. The largest absolute Gasteiger partial charge is 0.493 e. The molecule has 0 aliphatic carbocycles. The summed E-state index contributed by atoms with van der Waals surface area (Å²) in [5, 5.41) is 11.3. The number of ketones is 1. The Kier molecular flexibility index (Phi) is 11.3. The average Bonchev–Trinajstić information content (AvgIpc) is 3.18. The van der Waals surface area contributed by atoms with E-state index in [1.165, 1.54) is 18.9 Å². The van der Waals surface area contributed by atoms with Gasteiger partial charge in [0.1, 0.15) is 23.7 Å². The Balaban J connectivity index is 0.00000645. The van der Waals surface area contributed by atoms with Crippen LogP contribution in [0.15, 0.2) is 30.3 Å². The highest BCUT2D eigenvalue weighted by Gasteiger charge is 2.31. The number of carbonyl (C=O) groups is 4. The van der Waals surface area contributed by atoms with Crippen LogP contribution in [0, 0.1) is 5.41 Å². The summed E-state index contributed by atoms with van der Waals surface area (Å²) in [5.41, 5.74) is 2.24. The van der Waals surface area contributed by atoms with Gasteiger partial charge in [0.25, 0.3) is 5.91 Å². The highest BCUT2D eigenvalue weighted by molar-refractivity contribution is 8.93. The van der Waals surface area contributed by atoms with Gasteiger partial charge in [0.05, 0.1) is 18.7 Å². The molecular formula is C32H43BrN4O6. The second-order valence-electron chi connectivity index (χ2n) is 12.3. The second kappa shape index (κ2) is 13.7. The Morgan fingerprint density at radius 3 is 2.23 bits per heavy atom. The molecule has 2 amide bonds. The summed E-state index contributed by atoms with van der Waals surface area (Å²) in [6, 6.07) is 8.48. The molecule has 0 radical (unpaired) electrons. The van der Waals surface area contributed by atoms with Crippen LogP contribution in [0.1, 0.15) is 92.8 Å². The number of halogens is 1. The minimum absolute atomic E-state index is 0. The summed E-state index contributed by atoms with van der Waals surface area (Å²) in [4.78, 5) is 54.3. The van der Waals surface area contributed by atoms with Crippen LogP contribution in [-0.4, -0.2) is 66.6 Å². The molecule has 0 atom stereocenters. The molecule has 0 bridgehead atoms. The monoisotopic (exact) mass is 658 g/mol. The molecule has 43 heavy (non-hydrogen) atoms. The molecule has 0 fully saturated rings. The van der Waals surface area contributed by atoms with Crippen molar-refractivity contribution >= 4 is 52.1 Å². The summed E-state index contributed by atoms with van der Waals surface area (Å²) in [5.74, 6) is -0.789. The third-order valence-electron chi connectivity index (χ3n) is 6.75. The van der Waals surface area contributed by atoms with Crippen molar-refractivity contribution < 1.29 is 28.7 Å². The van der Waals surface area contributed by atoms with E-state index in [9.17, 15) is 19.2 Å². The van der Waals surface area contributed by atoms with Crippen molar-refractivity contribution in [3.63, 3.8) is 0 Å². The van der Waals surface area contributed by atoms with E-state index in [2.05, 4.69) is 5.32 Å². The Labute approximate surface area is 264 Å². The van der Waals surface area contributed by atoms with Crippen LogP contribution in [-0.2, 0) is 26.3 Å². The zero-order valence-electron chi connectivity index (χ0n) is 26.5. The molecule has 1 heterocycles. The standard InChI is InChI=1S/C32H42N4O6.BrH/c1-10-41-27-14-21-16-35(29(33)22(21)15-23(27)30(40)34-9)17-26(38)20-11-12-25(24(13-20)31(3,4)5)36(19(2)37)18-28(39)42-32(6,7)8;/h11-15,33H,10,16-18H2,1-9H3,(H,34,40);1H. The van der Waals surface area contributed by atoms with Crippen molar-refractivity contribution in [1.82, 2.24) is 10.2 Å². The van der Waals surface area contributed by atoms with Gasteiger partial charge in [-0.15, -0.1) is 17.0 Å². The smallest absolute Gasteiger partial charge is 0.326 e. The lowest BCUT2D eigenvalue weighted by molar-refractivity contribution is -0.153. The number of hydrogen-bond donors (Lipinski definition) is 2. The lowest BCUT2D eigenvalue weighted by Gasteiger charge is -2.30. The maximum atomic E-state index is 13.5. The Bertz CT molecular complexity index is 1420. The Hall–Kier alpha value is -3.73.